The van der Waals surface area contributed by atoms with Gasteiger partial charge in [-0.3, -0.25) is 4.79 Å². The molecule has 0 heterocycles. The summed E-state index contributed by atoms with van der Waals surface area (Å²) in [5, 5.41) is 0. The number of hydrogen-bond donors (Lipinski definition) is 0. The molecule has 0 radical (unpaired) electrons. The summed E-state index contributed by atoms with van der Waals surface area (Å²) in [7, 11) is -3.07. The SMILES string of the molecule is C[C@]12CC[C@@H]3[C@@H](CCC4CC(O[Si](C)(C)C)CC[C@@]43CO[Si](C)(C)C)[C@@H]1CCC2=O. The van der Waals surface area contributed by atoms with Crippen LogP contribution < -0.4 is 0 Å². The molecule has 4 aliphatic rings. The highest BCUT2D eigenvalue weighted by Crippen LogP contribution is 2.66. The normalized spacial score (nSPS) is 44.4. The summed E-state index contributed by atoms with van der Waals surface area (Å²) in [4.78, 5) is 12.8. The summed E-state index contributed by atoms with van der Waals surface area (Å²) < 4.78 is 13.3. The summed E-state index contributed by atoms with van der Waals surface area (Å²) in [6.45, 7) is 17.3. The van der Waals surface area contributed by atoms with Crippen molar-refractivity contribution in [1.29, 1.82) is 0 Å². The molecule has 0 aromatic rings. The predicted octanol–water partition coefficient (Wildman–Crippen LogP) is 6.65. The number of rotatable bonds is 5. The number of hydrogen-bond acceptors (Lipinski definition) is 3. The van der Waals surface area contributed by atoms with Gasteiger partial charge in [0.25, 0.3) is 0 Å². The number of carbonyl (C=O) groups excluding carboxylic acids is 1. The van der Waals surface area contributed by atoms with Gasteiger partial charge in [0.1, 0.15) is 5.78 Å². The number of carbonyl (C=O) groups is 1. The van der Waals surface area contributed by atoms with Crippen molar-refractivity contribution in [2.24, 2.45) is 34.5 Å². The van der Waals surface area contributed by atoms with Crippen LogP contribution in [0.1, 0.15) is 64.7 Å². The molecule has 0 amide bonds. The molecule has 5 heteroatoms. The highest BCUT2D eigenvalue weighted by molar-refractivity contribution is 6.70. The summed E-state index contributed by atoms with van der Waals surface area (Å²) >= 11 is 0. The molecule has 172 valence electrons. The quantitative estimate of drug-likeness (QED) is 0.440. The third kappa shape index (κ3) is 4.17. The van der Waals surface area contributed by atoms with E-state index in [0.29, 0.717) is 23.2 Å². The standard InChI is InChI=1S/C25H46O3Si2/c1-24-14-13-22-20(21(24)10-11-23(24)26)9-8-18-16-19(28-30(5,6)7)12-15-25(18,22)17-27-29(2,3)4/h18-22H,8-17H2,1-7H3/t18?,19?,20-,21-,22+,24-,25+/m0/s1. The van der Waals surface area contributed by atoms with E-state index in [1.54, 1.807) is 0 Å². The van der Waals surface area contributed by atoms with Gasteiger partial charge in [-0.1, -0.05) is 6.92 Å². The van der Waals surface area contributed by atoms with Gasteiger partial charge in [0, 0.05) is 24.5 Å². The predicted molar refractivity (Wildman–Crippen MR) is 129 cm³/mol. The van der Waals surface area contributed by atoms with Crippen molar-refractivity contribution in [3.05, 3.63) is 0 Å². The maximum atomic E-state index is 12.8. The Bertz CT molecular complexity index is 666. The monoisotopic (exact) mass is 450 g/mol. The van der Waals surface area contributed by atoms with Crippen LogP contribution in [0.5, 0.6) is 0 Å². The summed E-state index contributed by atoms with van der Waals surface area (Å²) in [5.74, 6) is 3.43. The zero-order chi connectivity index (χ0) is 21.9. The van der Waals surface area contributed by atoms with Gasteiger partial charge in [0.05, 0.1) is 0 Å². The molecule has 2 unspecified atom stereocenters. The molecular formula is C25H46O3Si2. The van der Waals surface area contributed by atoms with Gasteiger partial charge in [-0.2, -0.15) is 0 Å². The highest BCUT2D eigenvalue weighted by Gasteiger charge is 2.62. The molecule has 0 spiro atoms. The van der Waals surface area contributed by atoms with Crippen LogP contribution in [0.4, 0.5) is 0 Å². The van der Waals surface area contributed by atoms with E-state index in [0.717, 1.165) is 43.6 Å². The van der Waals surface area contributed by atoms with Gasteiger partial charge in [-0.25, -0.2) is 0 Å². The van der Waals surface area contributed by atoms with Gasteiger partial charge in [-0.15, -0.1) is 0 Å². The van der Waals surface area contributed by atoms with Crippen molar-refractivity contribution < 1.29 is 13.6 Å². The molecule has 30 heavy (non-hydrogen) atoms. The van der Waals surface area contributed by atoms with Gasteiger partial charge in [-0.05, 0) is 120 Å². The Morgan fingerprint density at radius 3 is 2.30 bits per heavy atom. The third-order valence-corrected chi connectivity index (χ3v) is 11.4. The average Bonchev–Trinajstić information content (AvgIpc) is 2.93. The summed E-state index contributed by atoms with van der Waals surface area (Å²) in [6, 6.07) is 0. The van der Waals surface area contributed by atoms with Crippen molar-refractivity contribution in [3.63, 3.8) is 0 Å². The lowest BCUT2D eigenvalue weighted by Gasteiger charge is -2.61. The van der Waals surface area contributed by atoms with Crippen molar-refractivity contribution >= 4 is 22.4 Å². The molecule has 4 aliphatic carbocycles. The molecular weight excluding hydrogens is 404 g/mol. The first-order valence-corrected chi connectivity index (χ1v) is 19.5. The lowest BCUT2D eigenvalue weighted by atomic mass is 9.45. The molecule has 0 N–H and O–H groups in total. The third-order valence-electron chi connectivity index (χ3n) is 9.32. The zero-order valence-corrected chi connectivity index (χ0v) is 22.7. The maximum absolute atomic E-state index is 12.8. The van der Waals surface area contributed by atoms with Crippen molar-refractivity contribution in [3.8, 4) is 0 Å². The van der Waals surface area contributed by atoms with E-state index in [-0.39, 0.29) is 5.41 Å². The van der Waals surface area contributed by atoms with E-state index in [1.165, 1.54) is 38.5 Å². The molecule has 3 nitrogen and oxygen atoms in total. The Labute approximate surface area is 187 Å². The minimum absolute atomic E-state index is 0.0209. The Morgan fingerprint density at radius 2 is 1.63 bits per heavy atom. The van der Waals surface area contributed by atoms with Crippen LogP contribution in [-0.2, 0) is 13.6 Å². The summed E-state index contributed by atoms with van der Waals surface area (Å²) in [6.07, 6.45) is 11.2. The van der Waals surface area contributed by atoms with Gasteiger partial charge >= 0.3 is 0 Å². The van der Waals surface area contributed by atoms with Crippen LogP contribution in [-0.4, -0.2) is 35.1 Å². The second-order valence-electron chi connectivity index (χ2n) is 13.3. The second-order valence-corrected chi connectivity index (χ2v) is 22.3. The van der Waals surface area contributed by atoms with Crippen molar-refractivity contribution in [2.45, 2.75) is 110 Å². The van der Waals surface area contributed by atoms with Gasteiger partial charge in [0.15, 0.2) is 16.6 Å². The van der Waals surface area contributed by atoms with Gasteiger partial charge < -0.3 is 8.85 Å². The number of Topliss-reactive ketones (excluding diaryl/α,β-unsaturated/α-hetero) is 1. The molecule has 0 bridgehead atoms. The van der Waals surface area contributed by atoms with E-state index in [4.69, 9.17) is 8.85 Å². The molecule has 0 aromatic carbocycles. The first kappa shape index (κ1) is 23.2. The minimum atomic E-state index is -1.57. The van der Waals surface area contributed by atoms with Crippen LogP contribution in [0.15, 0.2) is 0 Å². The Hall–Kier alpha value is 0.0238. The number of ketones is 1. The maximum Gasteiger partial charge on any atom is 0.184 e. The van der Waals surface area contributed by atoms with Crippen LogP contribution in [0.3, 0.4) is 0 Å². The first-order valence-electron chi connectivity index (χ1n) is 12.7. The molecule has 0 saturated heterocycles. The summed E-state index contributed by atoms with van der Waals surface area (Å²) in [5.41, 5.74) is 0.308. The largest absolute Gasteiger partial charge is 0.417 e. The van der Waals surface area contributed by atoms with E-state index < -0.39 is 16.6 Å². The lowest BCUT2D eigenvalue weighted by Crippen LogP contribution is -2.58. The van der Waals surface area contributed by atoms with E-state index >= 15 is 0 Å². The Morgan fingerprint density at radius 1 is 0.900 bits per heavy atom. The molecule has 4 fully saturated rings. The molecule has 0 aliphatic heterocycles. The Kier molecular flexibility index (Phi) is 6.04. The fourth-order valence-electron chi connectivity index (χ4n) is 8.02. The fourth-order valence-corrected chi connectivity index (χ4v) is 9.94. The fraction of sp³-hybridized carbons (Fsp3) is 0.960. The van der Waals surface area contributed by atoms with E-state index in [2.05, 4.69) is 46.2 Å². The smallest absolute Gasteiger partial charge is 0.184 e. The second kappa shape index (κ2) is 7.81. The topological polar surface area (TPSA) is 35.5 Å². The molecule has 4 saturated carbocycles. The molecule has 0 aromatic heterocycles. The van der Waals surface area contributed by atoms with Crippen LogP contribution in [0.2, 0.25) is 39.3 Å². The minimum Gasteiger partial charge on any atom is -0.417 e. The van der Waals surface area contributed by atoms with E-state index in [9.17, 15) is 4.79 Å². The molecule has 7 atom stereocenters. The van der Waals surface area contributed by atoms with E-state index in [1.807, 2.05) is 0 Å². The molecule has 4 rings (SSSR count). The lowest BCUT2D eigenvalue weighted by molar-refractivity contribution is -0.153. The highest BCUT2D eigenvalue weighted by atomic mass is 28.4. The average molecular weight is 451 g/mol. The van der Waals surface area contributed by atoms with Crippen LogP contribution >= 0.6 is 0 Å². The van der Waals surface area contributed by atoms with Crippen molar-refractivity contribution in [2.75, 3.05) is 6.61 Å². The van der Waals surface area contributed by atoms with Crippen LogP contribution in [0, 0.1) is 34.5 Å². The van der Waals surface area contributed by atoms with Crippen LogP contribution in [0.25, 0.3) is 0 Å². The Balaban J connectivity index is 1.60. The number of fused-ring (bicyclic) bond motifs is 5. The van der Waals surface area contributed by atoms with Gasteiger partial charge in [0.2, 0.25) is 0 Å². The zero-order valence-electron chi connectivity index (χ0n) is 20.7. The van der Waals surface area contributed by atoms with Crippen molar-refractivity contribution in [1.82, 2.24) is 0 Å². The first-order chi connectivity index (χ1) is 13.8.